The van der Waals surface area contributed by atoms with E-state index in [1.165, 1.54) is 0 Å². The maximum Gasteiger partial charge on any atom is 0.248 e. The van der Waals surface area contributed by atoms with Gasteiger partial charge in [-0.3, -0.25) is 9.78 Å². The smallest absolute Gasteiger partial charge is 0.248 e. The van der Waals surface area contributed by atoms with E-state index in [1.54, 1.807) is 24.4 Å². The number of carbonyl (C=O) groups is 1. The molecule has 0 spiro atoms. The summed E-state index contributed by atoms with van der Waals surface area (Å²) < 4.78 is 0. The SMILES string of the molecule is NC(=O)c1cccc(Cc2ccc(Cl)cn2)c1. The molecule has 1 amide bonds. The molecule has 0 atom stereocenters. The molecular formula is C13H11ClN2O. The van der Waals surface area contributed by atoms with Crippen molar-refractivity contribution in [1.82, 2.24) is 4.98 Å². The van der Waals surface area contributed by atoms with Gasteiger partial charge in [0.25, 0.3) is 0 Å². The van der Waals surface area contributed by atoms with Crippen molar-refractivity contribution >= 4 is 17.5 Å². The highest BCUT2D eigenvalue weighted by atomic mass is 35.5. The number of rotatable bonds is 3. The third-order valence-electron chi connectivity index (χ3n) is 2.39. The van der Waals surface area contributed by atoms with Crippen LogP contribution < -0.4 is 5.73 Å². The summed E-state index contributed by atoms with van der Waals surface area (Å²) in [5, 5.41) is 0.611. The molecule has 0 aliphatic heterocycles. The number of aromatic nitrogens is 1. The number of primary amides is 1. The van der Waals surface area contributed by atoms with Gasteiger partial charge in [0.05, 0.1) is 5.02 Å². The number of nitrogens with two attached hydrogens (primary N) is 1. The molecule has 0 aliphatic rings. The van der Waals surface area contributed by atoms with E-state index in [2.05, 4.69) is 4.98 Å². The molecule has 2 N–H and O–H groups in total. The summed E-state index contributed by atoms with van der Waals surface area (Å²) in [4.78, 5) is 15.2. The molecule has 1 aromatic carbocycles. The highest BCUT2D eigenvalue weighted by Gasteiger charge is 2.02. The molecule has 0 unspecified atom stereocenters. The molecule has 0 saturated heterocycles. The Morgan fingerprint density at radius 2 is 2.12 bits per heavy atom. The zero-order valence-corrected chi connectivity index (χ0v) is 9.82. The first-order chi connectivity index (χ1) is 8.15. The second-order valence-corrected chi connectivity index (χ2v) is 4.15. The third kappa shape index (κ3) is 3.04. The Morgan fingerprint density at radius 1 is 1.29 bits per heavy atom. The molecule has 4 heteroatoms. The fraction of sp³-hybridized carbons (Fsp3) is 0.0769. The quantitative estimate of drug-likeness (QED) is 0.904. The van der Waals surface area contributed by atoms with Crippen molar-refractivity contribution in [2.45, 2.75) is 6.42 Å². The number of hydrogen-bond acceptors (Lipinski definition) is 2. The number of benzene rings is 1. The van der Waals surface area contributed by atoms with Crippen LogP contribution in [0.3, 0.4) is 0 Å². The average molecular weight is 247 g/mol. The lowest BCUT2D eigenvalue weighted by Gasteiger charge is -2.03. The Bertz CT molecular complexity index is 537. The van der Waals surface area contributed by atoms with E-state index in [-0.39, 0.29) is 0 Å². The summed E-state index contributed by atoms with van der Waals surface area (Å²) in [7, 11) is 0. The summed E-state index contributed by atoms with van der Waals surface area (Å²) in [6.45, 7) is 0. The fourth-order valence-corrected chi connectivity index (χ4v) is 1.67. The van der Waals surface area contributed by atoms with Crippen LogP contribution in [0.15, 0.2) is 42.6 Å². The van der Waals surface area contributed by atoms with Crippen molar-refractivity contribution in [1.29, 1.82) is 0 Å². The molecule has 0 radical (unpaired) electrons. The van der Waals surface area contributed by atoms with Crippen LogP contribution in [0.2, 0.25) is 5.02 Å². The molecule has 0 saturated carbocycles. The van der Waals surface area contributed by atoms with Gasteiger partial charge in [-0.2, -0.15) is 0 Å². The molecule has 0 bridgehead atoms. The van der Waals surface area contributed by atoms with Crippen molar-refractivity contribution < 1.29 is 4.79 Å². The standard InChI is InChI=1S/C13H11ClN2O/c14-11-4-5-12(16-8-11)7-9-2-1-3-10(6-9)13(15)17/h1-6,8H,7H2,(H2,15,17). The average Bonchev–Trinajstić information content (AvgIpc) is 2.32. The van der Waals surface area contributed by atoms with Crippen molar-refractivity contribution in [3.05, 3.63) is 64.4 Å². The Hall–Kier alpha value is -1.87. The first-order valence-corrected chi connectivity index (χ1v) is 5.52. The van der Waals surface area contributed by atoms with Gasteiger partial charge in [0, 0.05) is 23.9 Å². The summed E-state index contributed by atoms with van der Waals surface area (Å²) in [5.41, 5.74) is 7.63. The predicted molar refractivity (Wildman–Crippen MR) is 67.0 cm³/mol. The lowest BCUT2D eigenvalue weighted by Crippen LogP contribution is -2.11. The lowest BCUT2D eigenvalue weighted by molar-refractivity contribution is 0.1000. The van der Waals surface area contributed by atoms with Gasteiger partial charge in [0.1, 0.15) is 0 Å². The lowest BCUT2D eigenvalue weighted by atomic mass is 10.1. The minimum absolute atomic E-state index is 0.420. The molecule has 86 valence electrons. The number of pyridine rings is 1. The number of hydrogen-bond donors (Lipinski definition) is 1. The molecule has 0 fully saturated rings. The van der Waals surface area contributed by atoms with Gasteiger partial charge < -0.3 is 5.73 Å². The van der Waals surface area contributed by atoms with Crippen molar-refractivity contribution in [2.75, 3.05) is 0 Å². The minimum Gasteiger partial charge on any atom is -0.366 e. The van der Waals surface area contributed by atoms with Crippen molar-refractivity contribution in [3.63, 3.8) is 0 Å². The minimum atomic E-state index is -0.420. The number of halogens is 1. The number of amides is 1. The van der Waals surface area contributed by atoms with E-state index in [1.807, 2.05) is 18.2 Å². The molecule has 2 aromatic rings. The van der Waals surface area contributed by atoms with Gasteiger partial charge >= 0.3 is 0 Å². The first kappa shape index (κ1) is 11.6. The molecule has 2 rings (SSSR count). The van der Waals surface area contributed by atoms with Crippen LogP contribution in [-0.4, -0.2) is 10.9 Å². The third-order valence-corrected chi connectivity index (χ3v) is 2.61. The zero-order valence-electron chi connectivity index (χ0n) is 9.06. The van der Waals surface area contributed by atoms with E-state index in [4.69, 9.17) is 17.3 Å². The van der Waals surface area contributed by atoms with Gasteiger partial charge in [-0.15, -0.1) is 0 Å². The van der Waals surface area contributed by atoms with Crippen LogP contribution in [0.25, 0.3) is 0 Å². The van der Waals surface area contributed by atoms with E-state index in [0.29, 0.717) is 17.0 Å². The summed E-state index contributed by atoms with van der Waals surface area (Å²) in [5.74, 6) is -0.420. The topological polar surface area (TPSA) is 56.0 Å². The summed E-state index contributed by atoms with van der Waals surface area (Å²) in [6, 6.07) is 10.9. The van der Waals surface area contributed by atoms with Crippen LogP contribution in [0.1, 0.15) is 21.6 Å². The first-order valence-electron chi connectivity index (χ1n) is 5.14. The van der Waals surface area contributed by atoms with E-state index >= 15 is 0 Å². The molecular weight excluding hydrogens is 236 g/mol. The molecule has 17 heavy (non-hydrogen) atoms. The van der Waals surface area contributed by atoms with Crippen LogP contribution >= 0.6 is 11.6 Å². The van der Waals surface area contributed by atoms with Gasteiger partial charge in [0.15, 0.2) is 0 Å². The monoisotopic (exact) mass is 246 g/mol. The summed E-state index contributed by atoms with van der Waals surface area (Å²) >= 11 is 5.76. The Kier molecular flexibility index (Phi) is 3.40. The van der Waals surface area contributed by atoms with Crippen LogP contribution in [0, 0.1) is 0 Å². The highest BCUT2D eigenvalue weighted by molar-refractivity contribution is 6.30. The zero-order chi connectivity index (χ0) is 12.3. The maximum atomic E-state index is 11.0. The van der Waals surface area contributed by atoms with Gasteiger partial charge in [-0.1, -0.05) is 23.7 Å². The Balaban J connectivity index is 2.21. The molecule has 0 aliphatic carbocycles. The highest BCUT2D eigenvalue weighted by Crippen LogP contribution is 2.12. The van der Waals surface area contributed by atoms with Crippen LogP contribution in [0.4, 0.5) is 0 Å². The normalized spacial score (nSPS) is 10.2. The Morgan fingerprint density at radius 3 is 2.76 bits per heavy atom. The largest absolute Gasteiger partial charge is 0.366 e. The number of nitrogens with zero attached hydrogens (tertiary/aromatic N) is 1. The van der Waals surface area contributed by atoms with Gasteiger partial charge in [0.2, 0.25) is 5.91 Å². The predicted octanol–water partition coefficient (Wildman–Crippen LogP) is 2.42. The van der Waals surface area contributed by atoms with Crippen molar-refractivity contribution in [2.24, 2.45) is 5.73 Å². The Labute approximate surface area is 104 Å². The van der Waals surface area contributed by atoms with Crippen molar-refractivity contribution in [3.8, 4) is 0 Å². The molecule has 1 aromatic heterocycles. The maximum absolute atomic E-state index is 11.0. The van der Waals surface area contributed by atoms with E-state index in [9.17, 15) is 4.79 Å². The second kappa shape index (κ2) is 4.97. The fourth-order valence-electron chi connectivity index (χ4n) is 1.55. The van der Waals surface area contributed by atoms with Crippen LogP contribution in [0.5, 0.6) is 0 Å². The second-order valence-electron chi connectivity index (χ2n) is 3.71. The van der Waals surface area contributed by atoms with E-state index < -0.39 is 5.91 Å². The molecule has 1 heterocycles. The van der Waals surface area contributed by atoms with Crippen LogP contribution in [-0.2, 0) is 6.42 Å². The van der Waals surface area contributed by atoms with Gasteiger partial charge in [-0.25, -0.2) is 0 Å². The van der Waals surface area contributed by atoms with Gasteiger partial charge in [-0.05, 0) is 29.8 Å². The number of carbonyl (C=O) groups excluding carboxylic acids is 1. The molecule has 3 nitrogen and oxygen atoms in total. The van der Waals surface area contributed by atoms with E-state index in [0.717, 1.165) is 11.3 Å². The summed E-state index contributed by atoms with van der Waals surface area (Å²) in [6.07, 6.45) is 2.26.